The fourth-order valence-corrected chi connectivity index (χ4v) is 1.69. The average molecular weight is 233 g/mol. The molecular formula is C11H15N5O. The largest absolute Gasteiger partial charge is 0.374 e. The van der Waals surface area contributed by atoms with Crippen LogP contribution in [0.15, 0.2) is 12.4 Å². The van der Waals surface area contributed by atoms with Crippen LogP contribution in [0.2, 0.25) is 0 Å². The van der Waals surface area contributed by atoms with Crippen LogP contribution in [0.25, 0.3) is 0 Å². The molecule has 2 rings (SSSR count). The van der Waals surface area contributed by atoms with Gasteiger partial charge in [-0.2, -0.15) is 5.26 Å². The Morgan fingerprint density at radius 3 is 3.12 bits per heavy atom. The SMILES string of the molecule is CN1CCOC(CNc2cnc(C#N)cn2)C1. The van der Waals surface area contributed by atoms with Crippen molar-refractivity contribution >= 4 is 5.82 Å². The van der Waals surface area contributed by atoms with E-state index in [1.807, 2.05) is 6.07 Å². The van der Waals surface area contributed by atoms with Gasteiger partial charge in [-0.15, -0.1) is 0 Å². The third kappa shape index (κ3) is 3.37. The van der Waals surface area contributed by atoms with E-state index >= 15 is 0 Å². The molecule has 0 spiro atoms. The van der Waals surface area contributed by atoms with Gasteiger partial charge in [0.25, 0.3) is 0 Å². The van der Waals surface area contributed by atoms with Crippen molar-refractivity contribution in [2.75, 3.05) is 38.6 Å². The number of ether oxygens (including phenoxy) is 1. The van der Waals surface area contributed by atoms with Crippen LogP contribution in [0, 0.1) is 11.3 Å². The van der Waals surface area contributed by atoms with Crippen LogP contribution in [0.4, 0.5) is 5.82 Å². The zero-order valence-corrected chi connectivity index (χ0v) is 9.76. The number of anilines is 1. The van der Waals surface area contributed by atoms with Crippen molar-refractivity contribution in [2.45, 2.75) is 6.10 Å². The molecule has 1 atom stereocenters. The van der Waals surface area contributed by atoms with Crippen molar-refractivity contribution in [1.29, 1.82) is 5.26 Å². The second-order valence-electron chi connectivity index (χ2n) is 4.03. The topological polar surface area (TPSA) is 74.1 Å². The number of hydrogen-bond donors (Lipinski definition) is 1. The van der Waals surface area contributed by atoms with Crippen LogP contribution in [0.5, 0.6) is 0 Å². The van der Waals surface area contributed by atoms with Gasteiger partial charge >= 0.3 is 0 Å². The molecule has 0 amide bonds. The Kier molecular flexibility index (Phi) is 3.85. The normalized spacial score (nSPS) is 20.8. The van der Waals surface area contributed by atoms with Crippen molar-refractivity contribution in [3.05, 3.63) is 18.1 Å². The van der Waals surface area contributed by atoms with Crippen molar-refractivity contribution < 1.29 is 4.74 Å². The Balaban J connectivity index is 1.83. The Hall–Kier alpha value is -1.71. The minimum atomic E-state index is 0.172. The van der Waals surface area contributed by atoms with Gasteiger partial charge in [0.1, 0.15) is 11.9 Å². The Bertz CT molecular complexity index is 399. The van der Waals surface area contributed by atoms with E-state index in [2.05, 4.69) is 27.2 Å². The van der Waals surface area contributed by atoms with Crippen molar-refractivity contribution in [1.82, 2.24) is 14.9 Å². The lowest BCUT2D eigenvalue weighted by atomic mass is 10.3. The number of nitrogens with one attached hydrogen (secondary N) is 1. The van der Waals surface area contributed by atoms with Gasteiger partial charge in [-0.05, 0) is 7.05 Å². The highest BCUT2D eigenvalue weighted by atomic mass is 16.5. The molecular weight excluding hydrogens is 218 g/mol. The quantitative estimate of drug-likeness (QED) is 0.797. The molecule has 17 heavy (non-hydrogen) atoms. The highest BCUT2D eigenvalue weighted by Gasteiger charge is 2.17. The monoisotopic (exact) mass is 233 g/mol. The van der Waals surface area contributed by atoms with E-state index in [1.54, 1.807) is 6.20 Å². The number of nitriles is 1. The van der Waals surface area contributed by atoms with Crippen LogP contribution in [0.1, 0.15) is 5.69 Å². The van der Waals surface area contributed by atoms with E-state index in [1.165, 1.54) is 6.20 Å². The predicted octanol–water partition coefficient (Wildman–Crippen LogP) is 0.0908. The van der Waals surface area contributed by atoms with Gasteiger partial charge in [-0.3, -0.25) is 0 Å². The van der Waals surface area contributed by atoms with Crippen LogP contribution in [-0.4, -0.2) is 54.3 Å². The standard InChI is InChI=1S/C11H15N5O/c1-16-2-3-17-10(8-16)6-15-11-7-13-9(4-12)5-14-11/h5,7,10H,2-3,6,8H2,1H3,(H,14,15). The molecule has 1 N–H and O–H groups in total. The van der Waals surface area contributed by atoms with E-state index in [9.17, 15) is 0 Å². The van der Waals surface area contributed by atoms with Gasteiger partial charge in [0, 0.05) is 19.6 Å². The lowest BCUT2D eigenvalue weighted by Crippen LogP contribution is -2.43. The second-order valence-corrected chi connectivity index (χ2v) is 4.03. The van der Waals surface area contributed by atoms with Crippen molar-refractivity contribution in [2.24, 2.45) is 0 Å². The molecule has 1 fully saturated rings. The highest BCUT2D eigenvalue weighted by Crippen LogP contribution is 2.05. The molecule has 2 heterocycles. The predicted molar refractivity (Wildman–Crippen MR) is 62.5 cm³/mol. The Morgan fingerprint density at radius 1 is 1.59 bits per heavy atom. The first kappa shape index (κ1) is 11.8. The summed E-state index contributed by atoms with van der Waals surface area (Å²) < 4.78 is 5.61. The summed E-state index contributed by atoms with van der Waals surface area (Å²) in [4.78, 5) is 10.3. The minimum Gasteiger partial charge on any atom is -0.374 e. The lowest BCUT2D eigenvalue weighted by Gasteiger charge is -2.30. The molecule has 1 aromatic rings. The van der Waals surface area contributed by atoms with Crippen molar-refractivity contribution in [3.8, 4) is 6.07 Å². The molecule has 1 saturated heterocycles. The average Bonchev–Trinajstić information content (AvgIpc) is 2.37. The molecule has 1 unspecified atom stereocenters. The van der Waals surface area contributed by atoms with Crippen LogP contribution in [0.3, 0.4) is 0 Å². The maximum absolute atomic E-state index is 8.59. The maximum atomic E-state index is 8.59. The van der Waals surface area contributed by atoms with Crippen LogP contribution in [-0.2, 0) is 4.74 Å². The summed E-state index contributed by atoms with van der Waals surface area (Å²) in [5.74, 6) is 0.667. The first-order valence-electron chi connectivity index (χ1n) is 5.54. The third-order valence-electron chi connectivity index (χ3n) is 2.62. The van der Waals surface area contributed by atoms with E-state index in [0.29, 0.717) is 18.1 Å². The van der Waals surface area contributed by atoms with Gasteiger partial charge in [-0.25, -0.2) is 9.97 Å². The lowest BCUT2D eigenvalue weighted by molar-refractivity contribution is -0.0117. The summed E-state index contributed by atoms with van der Waals surface area (Å²) in [5.41, 5.74) is 0.323. The number of likely N-dealkylation sites (N-methyl/N-ethyl adjacent to an activating group) is 1. The maximum Gasteiger partial charge on any atom is 0.158 e. The summed E-state index contributed by atoms with van der Waals surface area (Å²) >= 11 is 0. The zero-order valence-electron chi connectivity index (χ0n) is 9.76. The first-order valence-corrected chi connectivity index (χ1v) is 5.54. The molecule has 1 aliphatic rings. The zero-order chi connectivity index (χ0) is 12.1. The van der Waals surface area contributed by atoms with E-state index in [4.69, 9.17) is 10.00 Å². The highest BCUT2D eigenvalue weighted by molar-refractivity contribution is 5.33. The number of hydrogen-bond acceptors (Lipinski definition) is 6. The summed E-state index contributed by atoms with van der Waals surface area (Å²) in [6.45, 7) is 3.36. The molecule has 0 bridgehead atoms. The molecule has 1 aliphatic heterocycles. The van der Waals surface area contributed by atoms with E-state index in [0.717, 1.165) is 19.7 Å². The molecule has 0 aromatic carbocycles. The third-order valence-corrected chi connectivity index (χ3v) is 2.62. The molecule has 90 valence electrons. The van der Waals surface area contributed by atoms with E-state index < -0.39 is 0 Å². The minimum absolute atomic E-state index is 0.172. The van der Waals surface area contributed by atoms with Gasteiger partial charge < -0.3 is 15.0 Å². The fourth-order valence-electron chi connectivity index (χ4n) is 1.69. The summed E-state index contributed by atoms with van der Waals surface area (Å²) in [7, 11) is 2.08. The van der Waals surface area contributed by atoms with Gasteiger partial charge in [0.2, 0.25) is 0 Å². The molecule has 0 radical (unpaired) electrons. The van der Waals surface area contributed by atoms with Gasteiger partial charge in [0.15, 0.2) is 5.69 Å². The molecule has 1 aromatic heterocycles. The van der Waals surface area contributed by atoms with Crippen LogP contribution < -0.4 is 5.32 Å². The fraction of sp³-hybridized carbons (Fsp3) is 0.545. The molecule has 6 heteroatoms. The molecule has 0 saturated carbocycles. The first-order chi connectivity index (χ1) is 8.28. The van der Waals surface area contributed by atoms with Crippen molar-refractivity contribution in [3.63, 3.8) is 0 Å². The van der Waals surface area contributed by atoms with Gasteiger partial charge in [0.05, 0.1) is 25.1 Å². The number of morpholine rings is 1. The summed E-state index contributed by atoms with van der Waals surface area (Å²) in [6.07, 6.45) is 3.19. The number of aromatic nitrogens is 2. The molecule has 0 aliphatic carbocycles. The Morgan fingerprint density at radius 2 is 2.47 bits per heavy atom. The van der Waals surface area contributed by atoms with E-state index in [-0.39, 0.29) is 6.10 Å². The molecule has 6 nitrogen and oxygen atoms in total. The second kappa shape index (κ2) is 5.57. The summed E-state index contributed by atoms with van der Waals surface area (Å²) in [5, 5.41) is 11.7. The number of rotatable bonds is 3. The number of nitrogens with zero attached hydrogens (tertiary/aromatic N) is 4. The van der Waals surface area contributed by atoms with Gasteiger partial charge in [-0.1, -0.05) is 0 Å². The summed E-state index contributed by atoms with van der Waals surface area (Å²) in [6, 6.07) is 1.93. The Labute approximate surface area is 100 Å². The van der Waals surface area contributed by atoms with Crippen LogP contribution >= 0.6 is 0 Å². The smallest absolute Gasteiger partial charge is 0.158 e.